The number of hydrogen-bond donors (Lipinski definition) is 0. The molecule has 0 aromatic heterocycles. The van der Waals surface area contributed by atoms with E-state index in [-0.39, 0.29) is 17.9 Å². The third-order valence-electron chi connectivity index (χ3n) is 4.42. The molecule has 5 nitrogen and oxygen atoms in total. The van der Waals surface area contributed by atoms with Crippen molar-refractivity contribution in [1.29, 1.82) is 0 Å². The summed E-state index contributed by atoms with van der Waals surface area (Å²) in [6.07, 6.45) is 1.96. The van der Waals surface area contributed by atoms with Gasteiger partial charge in [-0.15, -0.1) is 0 Å². The molecule has 1 aliphatic rings. The summed E-state index contributed by atoms with van der Waals surface area (Å²) in [5.41, 5.74) is 0.912. The fraction of sp³-hybridized carbons (Fsp3) is 0.556. The standard InChI is InChI=1S/C18H26N2O3/c1-4-19(5-2)18(22)16-10-7-11-20(16)17(21)13-14-8-6-9-15(12-14)23-3/h6,8-9,12,16H,4-5,7,10-11,13H2,1-3H3. The molecule has 1 unspecified atom stereocenters. The van der Waals surface area contributed by atoms with E-state index in [1.807, 2.05) is 43.0 Å². The highest BCUT2D eigenvalue weighted by molar-refractivity contribution is 5.89. The molecule has 1 saturated heterocycles. The van der Waals surface area contributed by atoms with Gasteiger partial charge in [-0.2, -0.15) is 0 Å². The van der Waals surface area contributed by atoms with Crippen LogP contribution in [0.3, 0.4) is 0 Å². The molecule has 0 radical (unpaired) electrons. The normalized spacial score (nSPS) is 17.2. The predicted octanol–water partition coefficient (Wildman–Crippen LogP) is 2.10. The van der Waals surface area contributed by atoms with E-state index in [1.165, 1.54) is 0 Å². The van der Waals surface area contributed by atoms with Crippen LogP contribution in [-0.2, 0) is 16.0 Å². The number of carbonyl (C=O) groups excluding carboxylic acids is 2. The minimum atomic E-state index is -0.298. The Kier molecular flexibility index (Phi) is 6.02. The molecule has 1 aromatic rings. The zero-order chi connectivity index (χ0) is 16.8. The Hall–Kier alpha value is -2.04. The van der Waals surface area contributed by atoms with E-state index < -0.39 is 0 Å². The lowest BCUT2D eigenvalue weighted by Crippen LogP contribution is -2.48. The second-order valence-electron chi connectivity index (χ2n) is 5.78. The van der Waals surface area contributed by atoms with Crippen LogP contribution in [0.1, 0.15) is 32.3 Å². The van der Waals surface area contributed by atoms with Gasteiger partial charge < -0.3 is 14.5 Å². The number of methoxy groups -OCH3 is 1. The summed E-state index contributed by atoms with van der Waals surface area (Å²) in [6.45, 7) is 5.98. The summed E-state index contributed by atoms with van der Waals surface area (Å²) in [7, 11) is 1.61. The maximum Gasteiger partial charge on any atom is 0.245 e. The summed E-state index contributed by atoms with van der Waals surface area (Å²) >= 11 is 0. The van der Waals surface area contributed by atoms with E-state index >= 15 is 0 Å². The van der Waals surface area contributed by atoms with Gasteiger partial charge in [-0.1, -0.05) is 12.1 Å². The Balaban J connectivity index is 2.06. The molecule has 0 saturated carbocycles. The summed E-state index contributed by atoms with van der Waals surface area (Å²) in [4.78, 5) is 28.8. The molecule has 0 bridgehead atoms. The number of nitrogens with zero attached hydrogens (tertiary/aromatic N) is 2. The highest BCUT2D eigenvalue weighted by atomic mass is 16.5. The van der Waals surface area contributed by atoms with Crippen molar-refractivity contribution in [3.05, 3.63) is 29.8 Å². The van der Waals surface area contributed by atoms with Crippen molar-refractivity contribution >= 4 is 11.8 Å². The Morgan fingerprint density at radius 1 is 1.30 bits per heavy atom. The molecule has 2 rings (SSSR count). The van der Waals surface area contributed by atoms with Crippen LogP contribution in [-0.4, -0.2) is 54.4 Å². The van der Waals surface area contributed by atoms with E-state index in [2.05, 4.69) is 0 Å². The van der Waals surface area contributed by atoms with Gasteiger partial charge in [0.25, 0.3) is 0 Å². The third kappa shape index (κ3) is 4.03. The highest BCUT2D eigenvalue weighted by Crippen LogP contribution is 2.21. The number of benzene rings is 1. The molecule has 5 heteroatoms. The van der Waals surface area contributed by atoms with Gasteiger partial charge in [0.05, 0.1) is 13.5 Å². The molecular weight excluding hydrogens is 292 g/mol. The maximum atomic E-state index is 12.6. The van der Waals surface area contributed by atoms with Crippen molar-refractivity contribution in [2.24, 2.45) is 0 Å². The third-order valence-corrected chi connectivity index (χ3v) is 4.42. The zero-order valence-electron chi connectivity index (χ0n) is 14.2. The number of likely N-dealkylation sites (tertiary alicyclic amines) is 1. The number of hydrogen-bond acceptors (Lipinski definition) is 3. The Labute approximate surface area is 138 Å². The van der Waals surface area contributed by atoms with Gasteiger partial charge in [0.1, 0.15) is 11.8 Å². The molecule has 1 aromatic carbocycles. The van der Waals surface area contributed by atoms with Crippen molar-refractivity contribution in [3.63, 3.8) is 0 Å². The summed E-state index contributed by atoms with van der Waals surface area (Å²) in [5.74, 6) is 0.834. The van der Waals surface area contributed by atoms with Crippen LogP contribution in [0.4, 0.5) is 0 Å². The molecule has 2 amide bonds. The zero-order valence-corrected chi connectivity index (χ0v) is 14.2. The number of likely N-dealkylation sites (N-methyl/N-ethyl adjacent to an activating group) is 1. The predicted molar refractivity (Wildman–Crippen MR) is 89.4 cm³/mol. The maximum absolute atomic E-state index is 12.6. The lowest BCUT2D eigenvalue weighted by molar-refractivity contribution is -0.143. The van der Waals surface area contributed by atoms with Crippen molar-refractivity contribution in [1.82, 2.24) is 9.80 Å². The number of rotatable bonds is 6. The van der Waals surface area contributed by atoms with E-state index in [4.69, 9.17) is 4.74 Å². The van der Waals surface area contributed by atoms with Gasteiger partial charge in [0.2, 0.25) is 11.8 Å². The number of carbonyl (C=O) groups is 2. The topological polar surface area (TPSA) is 49.9 Å². The van der Waals surface area contributed by atoms with Gasteiger partial charge in [-0.05, 0) is 44.4 Å². The first-order chi connectivity index (χ1) is 11.1. The Morgan fingerprint density at radius 2 is 2.04 bits per heavy atom. The molecule has 1 heterocycles. The first-order valence-electron chi connectivity index (χ1n) is 8.31. The molecule has 1 fully saturated rings. The number of amides is 2. The van der Waals surface area contributed by atoms with Crippen LogP contribution in [0.2, 0.25) is 0 Å². The van der Waals surface area contributed by atoms with Crippen molar-refractivity contribution in [3.8, 4) is 5.75 Å². The molecule has 0 spiro atoms. The van der Waals surface area contributed by atoms with Gasteiger partial charge in [0, 0.05) is 19.6 Å². The minimum Gasteiger partial charge on any atom is -0.497 e. The van der Waals surface area contributed by atoms with Crippen LogP contribution >= 0.6 is 0 Å². The fourth-order valence-electron chi connectivity index (χ4n) is 3.13. The molecule has 1 aliphatic heterocycles. The smallest absolute Gasteiger partial charge is 0.245 e. The second kappa shape index (κ2) is 7.99. The van der Waals surface area contributed by atoms with Gasteiger partial charge >= 0.3 is 0 Å². The molecule has 1 atom stereocenters. The van der Waals surface area contributed by atoms with E-state index in [1.54, 1.807) is 12.0 Å². The largest absolute Gasteiger partial charge is 0.497 e. The fourth-order valence-corrected chi connectivity index (χ4v) is 3.13. The van der Waals surface area contributed by atoms with E-state index in [0.717, 1.165) is 24.2 Å². The van der Waals surface area contributed by atoms with E-state index in [0.29, 0.717) is 26.1 Å². The Bertz CT molecular complexity index is 555. The highest BCUT2D eigenvalue weighted by Gasteiger charge is 2.35. The average Bonchev–Trinajstić information content (AvgIpc) is 3.05. The first kappa shape index (κ1) is 17.3. The van der Waals surface area contributed by atoms with Gasteiger partial charge in [-0.3, -0.25) is 9.59 Å². The lowest BCUT2D eigenvalue weighted by atomic mass is 10.1. The average molecular weight is 318 g/mol. The molecule has 126 valence electrons. The van der Waals surface area contributed by atoms with Gasteiger partial charge in [-0.25, -0.2) is 0 Å². The summed E-state index contributed by atoms with van der Waals surface area (Å²) in [6, 6.07) is 7.22. The van der Waals surface area contributed by atoms with Crippen LogP contribution in [0.15, 0.2) is 24.3 Å². The Morgan fingerprint density at radius 3 is 2.70 bits per heavy atom. The van der Waals surface area contributed by atoms with Crippen molar-refractivity contribution < 1.29 is 14.3 Å². The minimum absolute atomic E-state index is 0.0151. The van der Waals surface area contributed by atoms with Crippen LogP contribution in [0.25, 0.3) is 0 Å². The monoisotopic (exact) mass is 318 g/mol. The van der Waals surface area contributed by atoms with Gasteiger partial charge in [0.15, 0.2) is 0 Å². The molecule has 0 aliphatic carbocycles. The first-order valence-corrected chi connectivity index (χ1v) is 8.31. The SMILES string of the molecule is CCN(CC)C(=O)C1CCCN1C(=O)Cc1cccc(OC)c1. The second-order valence-corrected chi connectivity index (χ2v) is 5.78. The summed E-state index contributed by atoms with van der Waals surface area (Å²) < 4.78 is 5.20. The molecule has 23 heavy (non-hydrogen) atoms. The van der Waals surface area contributed by atoms with Crippen LogP contribution in [0, 0.1) is 0 Å². The lowest BCUT2D eigenvalue weighted by Gasteiger charge is -2.29. The van der Waals surface area contributed by atoms with E-state index in [9.17, 15) is 9.59 Å². The number of ether oxygens (including phenoxy) is 1. The van der Waals surface area contributed by atoms with Crippen molar-refractivity contribution in [2.75, 3.05) is 26.7 Å². The summed E-state index contributed by atoms with van der Waals surface area (Å²) in [5, 5.41) is 0. The van der Waals surface area contributed by atoms with Crippen LogP contribution < -0.4 is 4.74 Å². The molecular formula is C18H26N2O3. The molecule has 0 N–H and O–H groups in total. The van der Waals surface area contributed by atoms with Crippen LogP contribution in [0.5, 0.6) is 5.75 Å². The quantitative estimate of drug-likeness (QED) is 0.807. The van der Waals surface area contributed by atoms with Crippen molar-refractivity contribution in [2.45, 2.75) is 39.2 Å².